The Morgan fingerprint density at radius 3 is 2.65 bits per heavy atom. The van der Waals surface area contributed by atoms with Crippen molar-refractivity contribution in [3.8, 4) is 5.82 Å². The molecular weight excluding hydrogens is 422 g/mol. The standard InChI is InChI=1S/C19H20ClN9O2/c1-10-6-23-29(27-10)17-14(20)5-13(7-21-17)25-19(30)26-15-8-22-28-9-11(2)24-18(28)16(15)12(3)31-4/h5-9,12H,1-4H3,(H2,25,26,30). The Morgan fingerprint density at radius 1 is 1.16 bits per heavy atom. The van der Waals surface area contributed by atoms with Crippen LogP contribution >= 0.6 is 11.6 Å². The lowest BCUT2D eigenvalue weighted by Crippen LogP contribution is -2.22. The normalized spacial score (nSPS) is 12.2. The third kappa shape index (κ3) is 4.18. The summed E-state index contributed by atoms with van der Waals surface area (Å²) in [7, 11) is 1.59. The summed E-state index contributed by atoms with van der Waals surface area (Å²) in [4.78, 5) is 22.7. The molecule has 31 heavy (non-hydrogen) atoms. The molecule has 1 atom stereocenters. The molecule has 4 aromatic rings. The third-order valence-corrected chi connectivity index (χ3v) is 4.81. The Labute approximate surface area is 182 Å². The lowest BCUT2D eigenvalue weighted by atomic mass is 10.1. The molecule has 0 aromatic carbocycles. The van der Waals surface area contributed by atoms with E-state index in [1.165, 1.54) is 11.0 Å². The number of nitrogens with zero attached hydrogens (tertiary/aromatic N) is 7. The largest absolute Gasteiger partial charge is 0.377 e. The molecule has 4 rings (SSSR count). The Hall–Kier alpha value is -3.57. The zero-order valence-electron chi connectivity index (χ0n) is 17.3. The van der Waals surface area contributed by atoms with E-state index in [0.717, 1.165) is 11.4 Å². The number of ether oxygens (including phenoxy) is 1. The van der Waals surface area contributed by atoms with Crippen molar-refractivity contribution in [2.75, 3.05) is 17.7 Å². The minimum absolute atomic E-state index is 0.290. The number of rotatable bonds is 5. The molecule has 0 saturated heterocycles. The molecule has 1 unspecified atom stereocenters. The van der Waals surface area contributed by atoms with E-state index in [1.807, 2.05) is 20.8 Å². The summed E-state index contributed by atoms with van der Waals surface area (Å²) >= 11 is 6.30. The van der Waals surface area contributed by atoms with E-state index >= 15 is 0 Å². The summed E-state index contributed by atoms with van der Waals surface area (Å²) in [5, 5.41) is 18.4. The first-order valence-electron chi connectivity index (χ1n) is 9.36. The predicted molar refractivity (Wildman–Crippen MR) is 115 cm³/mol. The van der Waals surface area contributed by atoms with E-state index < -0.39 is 6.03 Å². The fourth-order valence-electron chi connectivity index (χ4n) is 3.06. The summed E-state index contributed by atoms with van der Waals surface area (Å²) in [6.07, 6.45) is 6.11. The van der Waals surface area contributed by atoms with E-state index in [4.69, 9.17) is 16.3 Å². The Bertz CT molecular complexity index is 1270. The molecular formula is C19H20ClN9O2. The maximum absolute atomic E-state index is 12.6. The first kappa shape index (κ1) is 20.7. The van der Waals surface area contributed by atoms with Gasteiger partial charge in [-0.15, -0.1) is 4.80 Å². The smallest absolute Gasteiger partial charge is 0.323 e. The number of amides is 2. The highest BCUT2D eigenvalue weighted by molar-refractivity contribution is 6.32. The predicted octanol–water partition coefficient (Wildman–Crippen LogP) is 3.33. The number of anilines is 2. The number of hydrogen-bond donors (Lipinski definition) is 2. The molecule has 0 aliphatic heterocycles. The van der Waals surface area contributed by atoms with Crippen LogP contribution in [0.3, 0.4) is 0 Å². The molecule has 4 aromatic heterocycles. The van der Waals surface area contributed by atoms with Crippen LogP contribution in [0.4, 0.5) is 16.2 Å². The number of fused-ring (bicyclic) bond motifs is 1. The first-order chi connectivity index (χ1) is 14.9. The van der Waals surface area contributed by atoms with Crippen molar-refractivity contribution in [1.82, 2.24) is 34.6 Å². The van der Waals surface area contributed by atoms with Gasteiger partial charge in [-0.3, -0.25) is 0 Å². The molecule has 0 spiro atoms. The second-order valence-corrected chi connectivity index (χ2v) is 7.29. The molecule has 0 radical (unpaired) electrons. The number of pyridine rings is 1. The zero-order chi connectivity index (χ0) is 22.1. The van der Waals surface area contributed by atoms with Gasteiger partial charge in [-0.05, 0) is 26.8 Å². The average molecular weight is 442 g/mol. The van der Waals surface area contributed by atoms with Gasteiger partial charge in [-0.2, -0.15) is 15.3 Å². The third-order valence-electron chi connectivity index (χ3n) is 4.53. The second-order valence-electron chi connectivity index (χ2n) is 6.88. The Balaban J connectivity index is 1.56. The van der Waals surface area contributed by atoms with Crippen molar-refractivity contribution in [3.63, 3.8) is 0 Å². The highest BCUT2D eigenvalue weighted by atomic mass is 35.5. The van der Waals surface area contributed by atoms with Crippen LogP contribution in [0.2, 0.25) is 5.02 Å². The SMILES string of the molecule is COC(C)c1c(NC(=O)Nc2cnc(-n3ncc(C)n3)c(Cl)c2)cnn2cc(C)nc12. The molecule has 2 amide bonds. The van der Waals surface area contributed by atoms with Gasteiger partial charge in [0.2, 0.25) is 0 Å². The number of carbonyl (C=O) groups is 1. The summed E-state index contributed by atoms with van der Waals surface area (Å²) in [5.74, 6) is 0.362. The fourth-order valence-corrected chi connectivity index (χ4v) is 3.30. The fraction of sp³-hybridized carbons (Fsp3) is 0.263. The molecule has 2 N–H and O–H groups in total. The monoisotopic (exact) mass is 441 g/mol. The van der Waals surface area contributed by atoms with Gasteiger partial charge in [-0.25, -0.2) is 19.3 Å². The Kier molecular flexibility index (Phi) is 5.53. The van der Waals surface area contributed by atoms with Crippen LogP contribution in [-0.4, -0.2) is 47.7 Å². The molecule has 12 heteroatoms. The maximum Gasteiger partial charge on any atom is 0.323 e. The number of hydrogen-bond acceptors (Lipinski definition) is 7. The lowest BCUT2D eigenvalue weighted by Gasteiger charge is -2.16. The van der Waals surface area contributed by atoms with Crippen LogP contribution in [0, 0.1) is 13.8 Å². The number of aryl methyl sites for hydroxylation is 2. The first-order valence-corrected chi connectivity index (χ1v) is 9.74. The van der Waals surface area contributed by atoms with Crippen molar-refractivity contribution in [3.05, 3.63) is 52.8 Å². The second kappa shape index (κ2) is 8.28. The molecule has 0 bridgehead atoms. The van der Waals surface area contributed by atoms with Crippen molar-refractivity contribution in [2.24, 2.45) is 0 Å². The van der Waals surface area contributed by atoms with E-state index in [-0.39, 0.29) is 11.1 Å². The number of imidazole rings is 1. The highest BCUT2D eigenvalue weighted by Crippen LogP contribution is 2.28. The van der Waals surface area contributed by atoms with Gasteiger partial charge in [-0.1, -0.05) is 11.6 Å². The van der Waals surface area contributed by atoms with Crippen LogP contribution in [-0.2, 0) is 4.74 Å². The van der Waals surface area contributed by atoms with E-state index in [1.54, 1.807) is 36.3 Å². The van der Waals surface area contributed by atoms with Crippen LogP contribution in [0.15, 0.2) is 30.9 Å². The van der Waals surface area contributed by atoms with Gasteiger partial charge >= 0.3 is 6.03 Å². The van der Waals surface area contributed by atoms with Crippen LogP contribution in [0.25, 0.3) is 11.5 Å². The van der Waals surface area contributed by atoms with Crippen molar-refractivity contribution < 1.29 is 9.53 Å². The molecule has 0 aliphatic carbocycles. The minimum atomic E-state index is -0.488. The summed E-state index contributed by atoms with van der Waals surface area (Å²) in [5.41, 5.74) is 3.76. The summed E-state index contributed by atoms with van der Waals surface area (Å²) < 4.78 is 7.12. The minimum Gasteiger partial charge on any atom is -0.377 e. The summed E-state index contributed by atoms with van der Waals surface area (Å²) in [6, 6.07) is 1.08. The molecule has 0 fully saturated rings. The molecule has 160 valence electrons. The van der Waals surface area contributed by atoms with Crippen LogP contribution in [0.1, 0.15) is 30.0 Å². The number of urea groups is 1. The highest BCUT2D eigenvalue weighted by Gasteiger charge is 2.19. The van der Waals surface area contributed by atoms with Crippen molar-refractivity contribution in [1.29, 1.82) is 0 Å². The number of methoxy groups -OCH3 is 1. The van der Waals surface area contributed by atoms with Crippen LogP contribution in [0.5, 0.6) is 0 Å². The van der Waals surface area contributed by atoms with E-state index in [0.29, 0.717) is 28.4 Å². The zero-order valence-corrected chi connectivity index (χ0v) is 18.0. The van der Waals surface area contributed by atoms with E-state index in [2.05, 4.69) is 35.9 Å². The van der Waals surface area contributed by atoms with Gasteiger partial charge in [0.05, 0.1) is 64.2 Å². The topological polar surface area (TPSA) is 124 Å². The maximum atomic E-state index is 12.6. The van der Waals surface area contributed by atoms with Gasteiger partial charge < -0.3 is 15.4 Å². The number of nitrogens with one attached hydrogen (secondary N) is 2. The van der Waals surface area contributed by atoms with E-state index in [9.17, 15) is 4.79 Å². The van der Waals surface area contributed by atoms with Gasteiger partial charge in [0.1, 0.15) is 0 Å². The molecule has 0 aliphatic rings. The van der Waals surface area contributed by atoms with Gasteiger partial charge in [0, 0.05) is 7.11 Å². The van der Waals surface area contributed by atoms with Crippen LogP contribution < -0.4 is 10.6 Å². The van der Waals surface area contributed by atoms with Crippen molar-refractivity contribution >= 4 is 34.7 Å². The van der Waals surface area contributed by atoms with Crippen molar-refractivity contribution in [2.45, 2.75) is 26.9 Å². The molecule has 11 nitrogen and oxygen atoms in total. The number of halogens is 1. The molecule has 4 heterocycles. The van der Waals surface area contributed by atoms with Gasteiger partial charge in [0.25, 0.3) is 0 Å². The average Bonchev–Trinajstić information content (AvgIpc) is 3.32. The summed E-state index contributed by atoms with van der Waals surface area (Å²) in [6.45, 7) is 5.56. The molecule has 0 saturated carbocycles. The lowest BCUT2D eigenvalue weighted by molar-refractivity contribution is 0.120. The Morgan fingerprint density at radius 2 is 1.97 bits per heavy atom. The quantitative estimate of drug-likeness (QED) is 0.486. The number of aromatic nitrogens is 7. The van der Waals surface area contributed by atoms with Gasteiger partial charge in [0.15, 0.2) is 11.5 Å². The number of carbonyl (C=O) groups excluding carboxylic acids is 1.